The molecule has 0 unspecified atom stereocenters. The molecule has 1 amide bonds. The van der Waals surface area contributed by atoms with Crippen LogP contribution in [0, 0.1) is 6.92 Å². The van der Waals surface area contributed by atoms with Gasteiger partial charge in [0.15, 0.2) is 0 Å². The van der Waals surface area contributed by atoms with E-state index < -0.39 is 0 Å². The number of carbonyl (C=O) groups excluding carboxylic acids is 1. The standard InChI is InChI=1S/C19H14ClN5O/c1-12-4-6-14(7-5-12)25-23-17-9-15(20)16(10-18(17)24-25)22-19(26)13-3-2-8-21-11-13/h2-11H,1H3,(H,22,26). The van der Waals surface area contributed by atoms with Gasteiger partial charge in [-0.2, -0.15) is 4.80 Å². The Morgan fingerprint density at radius 2 is 1.81 bits per heavy atom. The molecule has 4 rings (SSSR count). The molecule has 0 saturated carbocycles. The normalized spacial score (nSPS) is 10.8. The van der Waals surface area contributed by atoms with Crippen LogP contribution in [0.2, 0.25) is 5.02 Å². The molecule has 0 fully saturated rings. The van der Waals surface area contributed by atoms with Crippen LogP contribution in [-0.2, 0) is 0 Å². The van der Waals surface area contributed by atoms with Gasteiger partial charge in [0.1, 0.15) is 11.0 Å². The van der Waals surface area contributed by atoms with E-state index in [2.05, 4.69) is 20.5 Å². The molecule has 0 aliphatic rings. The van der Waals surface area contributed by atoms with Gasteiger partial charge in [0.2, 0.25) is 0 Å². The van der Waals surface area contributed by atoms with E-state index in [1.807, 2.05) is 31.2 Å². The summed E-state index contributed by atoms with van der Waals surface area (Å²) in [5, 5.41) is 12.1. The molecule has 2 heterocycles. The molecule has 0 radical (unpaired) electrons. The van der Waals surface area contributed by atoms with Gasteiger partial charge in [-0.05, 0) is 43.3 Å². The molecule has 128 valence electrons. The van der Waals surface area contributed by atoms with Gasteiger partial charge in [-0.1, -0.05) is 29.3 Å². The van der Waals surface area contributed by atoms with Crippen LogP contribution >= 0.6 is 11.6 Å². The van der Waals surface area contributed by atoms with Gasteiger partial charge in [0, 0.05) is 12.4 Å². The maximum atomic E-state index is 12.3. The molecule has 2 aromatic heterocycles. The molecular formula is C19H14ClN5O. The molecule has 0 spiro atoms. The molecular weight excluding hydrogens is 350 g/mol. The van der Waals surface area contributed by atoms with Gasteiger partial charge < -0.3 is 5.32 Å². The molecule has 6 nitrogen and oxygen atoms in total. The van der Waals surface area contributed by atoms with E-state index in [0.29, 0.717) is 27.3 Å². The Hall–Kier alpha value is -3.25. The quantitative estimate of drug-likeness (QED) is 0.596. The minimum atomic E-state index is -0.287. The van der Waals surface area contributed by atoms with Crippen LogP contribution in [0.4, 0.5) is 5.69 Å². The summed E-state index contributed by atoms with van der Waals surface area (Å²) in [7, 11) is 0. The summed E-state index contributed by atoms with van der Waals surface area (Å²) in [5.74, 6) is -0.287. The van der Waals surface area contributed by atoms with Crippen molar-refractivity contribution in [1.82, 2.24) is 20.0 Å². The van der Waals surface area contributed by atoms with E-state index >= 15 is 0 Å². The van der Waals surface area contributed by atoms with E-state index in [9.17, 15) is 4.79 Å². The van der Waals surface area contributed by atoms with E-state index in [4.69, 9.17) is 11.6 Å². The molecule has 4 aromatic rings. The number of halogens is 1. The first-order valence-corrected chi connectivity index (χ1v) is 8.33. The van der Waals surface area contributed by atoms with Crippen molar-refractivity contribution in [2.45, 2.75) is 6.92 Å². The first-order valence-electron chi connectivity index (χ1n) is 7.95. The summed E-state index contributed by atoms with van der Waals surface area (Å²) in [4.78, 5) is 17.8. The number of nitrogens with one attached hydrogen (secondary N) is 1. The largest absolute Gasteiger partial charge is 0.321 e. The van der Waals surface area contributed by atoms with Crippen LogP contribution in [0.3, 0.4) is 0 Å². The highest BCUT2D eigenvalue weighted by Gasteiger charge is 2.13. The number of aryl methyl sites for hydroxylation is 1. The fourth-order valence-electron chi connectivity index (χ4n) is 2.52. The van der Waals surface area contributed by atoms with Crippen molar-refractivity contribution >= 4 is 34.2 Å². The van der Waals surface area contributed by atoms with Crippen LogP contribution in [-0.4, -0.2) is 25.9 Å². The van der Waals surface area contributed by atoms with Gasteiger partial charge in [0.25, 0.3) is 5.91 Å². The minimum Gasteiger partial charge on any atom is -0.321 e. The van der Waals surface area contributed by atoms with E-state index in [0.717, 1.165) is 11.3 Å². The number of carbonyl (C=O) groups is 1. The number of hydrogen-bond donors (Lipinski definition) is 1. The van der Waals surface area contributed by atoms with Crippen LogP contribution < -0.4 is 5.32 Å². The number of benzene rings is 2. The van der Waals surface area contributed by atoms with Crippen LogP contribution in [0.25, 0.3) is 16.7 Å². The lowest BCUT2D eigenvalue weighted by Crippen LogP contribution is -2.12. The van der Waals surface area contributed by atoms with Crippen molar-refractivity contribution in [3.05, 3.63) is 77.1 Å². The molecule has 0 aliphatic heterocycles. The molecule has 0 atom stereocenters. The highest BCUT2D eigenvalue weighted by Crippen LogP contribution is 2.27. The van der Waals surface area contributed by atoms with Gasteiger partial charge in [0.05, 0.1) is 22.0 Å². The smallest absolute Gasteiger partial charge is 0.257 e. The van der Waals surface area contributed by atoms with Gasteiger partial charge in [-0.3, -0.25) is 9.78 Å². The van der Waals surface area contributed by atoms with Crippen molar-refractivity contribution in [2.24, 2.45) is 0 Å². The first-order chi connectivity index (χ1) is 12.6. The Bertz CT molecular complexity index is 1090. The average molecular weight is 364 g/mol. The van der Waals surface area contributed by atoms with Crippen molar-refractivity contribution in [3.8, 4) is 5.69 Å². The number of amides is 1. The fourth-order valence-corrected chi connectivity index (χ4v) is 2.72. The zero-order valence-electron chi connectivity index (χ0n) is 13.8. The summed E-state index contributed by atoms with van der Waals surface area (Å²) in [5.41, 5.74) is 4.22. The van der Waals surface area contributed by atoms with Crippen molar-refractivity contribution in [3.63, 3.8) is 0 Å². The van der Waals surface area contributed by atoms with Crippen LogP contribution in [0.15, 0.2) is 60.9 Å². The first kappa shape index (κ1) is 16.2. The zero-order chi connectivity index (χ0) is 18.1. The molecule has 0 aliphatic carbocycles. The Balaban J connectivity index is 1.67. The second-order valence-electron chi connectivity index (χ2n) is 5.84. The SMILES string of the molecule is Cc1ccc(-n2nc3cc(Cl)c(NC(=O)c4cccnc4)cc3n2)cc1. The van der Waals surface area contributed by atoms with E-state index in [1.165, 1.54) is 6.20 Å². The molecule has 7 heteroatoms. The summed E-state index contributed by atoms with van der Waals surface area (Å²) in [6, 6.07) is 14.7. The van der Waals surface area contributed by atoms with Gasteiger partial charge in [-0.15, -0.1) is 10.2 Å². The molecule has 0 saturated heterocycles. The number of anilines is 1. The lowest BCUT2D eigenvalue weighted by molar-refractivity contribution is 0.102. The topological polar surface area (TPSA) is 72.7 Å². The predicted molar refractivity (Wildman–Crippen MR) is 101 cm³/mol. The van der Waals surface area contributed by atoms with Crippen molar-refractivity contribution in [1.29, 1.82) is 0 Å². The summed E-state index contributed by atoms with van der Waals surface area (Å²) >= 11 is 6.30. The highest BCUT2D eigenvalue weighted by molar-refractivity contribution is 6.34. The Labute approximate surface area is 154 Å². The van der Waals surface area contributed by atoms with E-state index in [-0.39, 0.29) is 5.91 Å². The molecule has 26 heavy (non-hydrogen) atoms. The maximum absolute atomic E-state index is 12.3. The Kier molecular flexibility index (Phi) is 4.10. The number of rotatable bonds is 3. The minimum absolute atomic E-state index is 0.287. The molecule has 2 aromatic carbocycles. The molecule has 0 bridgehead atoms. The van der Waals surface area contributed by atoms with Crippen molar-refractivity contribution in [2.75, 3.05) is 5.32 Å². The average Bonchev–Trinajstić information content (AvgIpc) is 3.06. The van der Waals surface area contributed by atoms with Crippen molar-refractivity contribution < 1.29 is 4.79 Å². The number of nitrogens with zero attached hydrogens (tertiary/aromatic N) is 4. The second kappa shape index (κ2) is 6.57. The Morgan fingerprint density at radius 3 is 2.50 bits per heavy atom. The maximum Gasteiger partial charge on any atom is 0.257 e. The highest BCUT2D eigenvalue weighted by atomic mass is 35.5. The number of aromatic nitrogens is 4. The summed E-state index contributed by atoms with van der Waals surface area (Å²) < 4.78 is 0. The summed E-state index contributed by atoms with van der Waals surface area (Å²) in [6.07, 6.45) is 3.11. The van der Waals surface area contributed by atoms with Gasteiger partial charge in [-0.25, -0.2) is 0 Å². The zero-order valence-corrected chi connectivity index (χ0v) is 14.6. The monoisotopic (exact) mass is 363 g/mol. The lowest BCUT2D eigenvalue weighted by Gasteiger charge is -2.06. The number of hydrogen-bond acceptors (Lipinski definition) is 4. The van der Waals surface area contributed by atoms with Crippen LogP contribution in [0.1, 0.15) is 15.9 Å². The predicted octanol–water partition coefficient (Wildman–Crippen LogP) is 4.03. The number of fused-ring (bicyclic) bond motifs is 1. The fraction of sp³-hybridized carbons (Fsp3) is 0.0526. The molecule has 1 N–H and O–H groups in total. The third-order valence-corrected chi connectivity index (χ3v) is 4.22. The van der Waals surface area contributed by atoms with Crippen LogP contribution in [0.5, 0.6) is 0 Å². The third kappa shape index (κ3) is 3.14. The van der Waals surface area contributed by atoms with Gasteiger partial charge >= 0.3 is 0 Å². The second-order valence-corrected chi connectivity index (χ2v) is 6.25. The number of pyridine rings is 1. The Morgan fingerprint density at radius 1 is 1.08 bits per heavy atom. The lowest BCUT2D eigenvalue weighted by atomic mass is 10.2. The summed E-state index contributed by atoms with van der Waals surface area (Å²) in [6.45, 7) is 2.02. The van der Waals surface area contributed by atoms with E-state index in [1.54, 1.807) is 35.3 Å². The third-order valence-electron chi connectivity index (χ3n) is 3.91.